The number of fused-ring (bicyclic) bond motifs is 1. The highest BCUT2D eigenvalue weighted by atomic mass is 16.5. The van der Waals surface area contributed by atoms with Crippen LogP contribution in [-0.2, 0) is 11.8 Å². The van der Waals surface area contributed by atoms with Crippen LogP contribution in [0.15, 0.2) is 54.9 Å². The van der Waals surface area contributed by atoms with Crippen molar-refractivity contribution in [3.8, 4) is 11.3 Å². The van der Waals surface area contributed by atoms with Gasteiger partial charge < -0.3 is 24.8 Å². The van der Waals surface area contributed by atoms with Gasteiger partial charge in [0.1, 0.15) is 5.82 Å². The van der Waals surface area contributed by atoms with Gasteiger partial charge in [-0.15, -0.1) is 0 Å². The molecule has 4 aromatic rings. The number of nitrogens with one attached hydrogen (secondary N) is 2. The lowest BCUT2D eigenvalue weighted by Gasteiger charge is -2.27. The fraction of sp³-hybridized carbons (Fsp3) is 0.308. The maximum absolute atomic E-state index is 12.3. The third kappa shape index (κ3) is 5.09. The summed E-state index contributed by atoms with van der Waals surface area (Å²) in [5.74, 6) is 1.25. The van der Waals surface area contributed by atoms with E-state index in [1.54, 1.807) is 12.1 Å². The molecule has 0 bridgehead atoms. The van der Waals surface area contributed by atoms with E-state index < -0.39 is 0 Å². The molecule has 2 aromatic carbocycles. The summed E-state index contributed by atoms with van der Waals surface area (Å²) in [5.41, 5.74) is 5.25. The Morgan fingerprint density at radius 3 is 2.54 bits per heavy atom. The monoisotopic (exact) mass is 471 g/mol. The molecule has 9 heteroatoms. The minimum atomic E-state index is -0.0870. The molecule has 35 heavy (non-hydrogen) atoms. The number of ether oxygens (including phenoxy) is 1. The molecule has 1 aliphatic rings. The normalized spacial score (nSPS) is 13.9. The van der Waals surface area contributed by atoms with E-state index in [0.717, 1.165) is 41.1 Å². The fourth-order valence-corrected chi connectivity index (χ4v) is 4.03. The number of benzene rings is 2. The molecular formula is C26H29N7O2. The molecule has 0 spiro atoms. The van der Waals surface area contributed by atoms with E-state index in [2.05, 4.69) is 26.6 Å². The van der Waals surface area contributed by atoms with Gasteiger partial charge in [-0.3, -0.25) is 4.79 Å². The van der Waals surface area contributed by atoms with Crippen molar-refractivity contribution in [1.29, 1.82) is 0 Å². The van der Waals surface area contributed by atoms with Gasteiger partial charge in [-0.1, -0.05) is 6.07 Å². The molecule has 1 fully saturated rings. The van der Waals surface area contributed by atoms with E-state index in [4.69, 9.17) is 14.7 Å². The third-order valence-electron chi connectivity index (χ3n) is 5.87. The van der Waals surface area contributed by atoms with Crippen LogP contribution in [0.2, 0.25) is 0 Å². The van der Waals surface area contributed by atoms with Gasteiger partial charge in [0.15, 0.2) is 0 Å². The number of anilines is 3. The molecule has 9 nitrogen and oxygen atoms in total. The van der Waals surface area contributed by atoms with Crippen LogP contribution in [0.5, 0.6) is 0 Å². The second-order valence-corrected chi connectivity index (χ2v) is 8.93. The molecule has 1 amide bonds. The average molecular weight is 472 g/mol. The van der Waals surface area contributed by atoms with Crippen molar-refractivity contribution < 1.29 is 9.53 Å². The summed E-state index contributed by atoms with van der Waals surface area (Å²) in [6.07, 6.45) is 1.81. The van der Waals surface area contributed by atoms with E-state index in [1.165, 1.54) is 0 Å². The number of morpholine rings is 1. The Hall–Kier alpha value is -3.98. The second kappa shape index (κ2) is 9.71. The summed E-state index contributed by atoms with van der Waals surface area (Å²) in [6.45, 7) is 6.67. The van der Waals surface area contributed by atoms with Crippen molar-refractivity contribution in [2.24, 2.45) is 7.05 Å². The zero-order valence-corrected chi connectivity index (χ0v) is 20.2. The molecule has 1 aliphatic heterocycles. The molecule has 2 aromatic heterocycles. The second-order valence-electron chi connectivity index (χ2n) is 8.93. The SMILES string of the molecule is CC(C)NC(=O)c1ccc(Nc2cc(-c3ccc4ncn(C)c4c3)nc(N3CCOCC3)n2)cc1. The Balaban J connectivity index is 1.47. The molecule has 0 saturated carbocycles. The van der Waals surface area contributed by atoms with E-state index in [-0.39, 0.29) is 11.9 Å². The first-order valence-electron chi connectivity index (χ1n) is 11.8. The topological polar surface area (TPSA) is 97.2 Å². The van der Waals surface area contributed by atoms with Crippen LogP contribution in [0.3, 0.4) is 0 Å². The molecule has 0 atom stereocenters. The quantitative estimate of drug-likeness (QED) is 0.442. The lowest BCUT2D eigenvalue weighted by molar-refractivity contribution is 0.0943. The number of rotatable bonds is 6. The first-order valence-corrected chi connectivity index (χ1v) is 11.8. The van der Waals surface area contributed by atoms with Crippen LogP contribution in [0, 0.1) is 0 Å². The molecule has 0 unspecified atom stereocenters. The Morgan fingerprint density at radius 2 is 1.80 bits per heavy atom. The van der Waals surface area contributed by atoms with Crippen molar-refractivity contribution in [1.82, 2.24) is 24.8 Å². The van der Waals surface area contributed by atoms with E-state index >= 15 is 0 Å². The Bertz CT molecular complexity index is 1340. The van der Waals surface area contributed by atoms with Gasteiger partial charge in [-0.2, -0.15) is 4.98 Å². The number of carbonyl (C=O) groups is 1. The summed E-state index contributed by atoms with van der Waals surface area (Å²) in [4.78, 5) is 28.5. The maximum Gasteiger partial charge on any atom is 0.251 e. The number of hydrogen-bond acceptors (Lipinski definition) is 7. The fourth-order valence-electron chi connectivity index (χ4n) is 4.03. The standard InChI is InChI=1S/C26H29N7O2/c1-17(2)28-25(34)18-4-7-20(8-5-18)29-24-15-22(30-26(31-24)33-10-12-35-13-11-33)19-6-9-21-23(14-19)32(3)16-27-21/h4-9,14-17H,10-13H2,1-3H3,(H,28,34)(H,29,30,31). The molecule has 180 valence electrons. The average Bonchev–Trinajstić information content (AvgIpc) is 3.24. The number of amides is 1. The van der Waals surface area contributed by atoms with Crippen LogP contribution < -0.4 is 15.5 Å². The molecule has 5 rings (SSSR count). The summed E-state index contributed by atoms with van der Waals surface area (Å²) in [6, 6.07) is 15.6. The number of imidazole rings is 1. The van der Waals surface area contributed by atoms with Gasteiger partial charge in [0.25, 0.3) is 5.91 Å². The largest absolute Gasteiger partial charge is 0.378 e. The highest BCUT2D eigenvalue weighted by Gasteiger charge is 2.17. The highest BCUT2D eigenvalue weighted by molar-refractivity contribution is 5.94. The van der Waals surface area contributed by atoms with Crippen LogP contribution in [0.1, 0.15) is 24.2 Å². The number of aryl methyl sites for hydroxylation is 1. The van der Waals surface area contributed by atoms with Crippen molar-refractivity contribution in [2.75, 3.05) is 36.5 Å². The zero-order valence-electron chi connectivity index (χ0n) is 20.2. The van der Waals surface area contributed by atoms with E-state index in [9.17, 15) is 4.79 Å². The Labute approximate surface area is 204 Å². The van der Waals surface area contributed by atoms with E-state index in [1.807, 2.05) is 62.1 Å². The van der Waals surface area contributed by atoms with Gasteiger partial charge in [-0.05, 0) is 50.2 Å². The summed E-state index contributed by atoms with van der Waals surface area (Å²) < 4.78 is 7.51. The van der Waals surface area contributed by atoms with Crippen LogP contribution in [0.25, 0.3) is 22.3 Å². The van der Waals surface area contributed by atoms with E-state index in [0.29, 0.717) is 30.5 Å². The minimum absolute atomic E-state index is 0.0870. The molecule has 0 radical (unpaired) electrons. The predicted octanol–water partition coefficient (Wildman–Crippen LogP) is 3.75. The molecule has 0 aliphatic carbocycles. The minimum Gasteiger partial charge on any atom is -0.378 e. The molecule has 1 saturated heterocycles. The third-order valence-corrected chi connectivity index (χ3v) is 5.87. The van der Waals surface area contributed by atoms with Gasteiger partial charge in [-0.25, -0.2) is 9.97 Å². The Morgan fingerprint density at radius 1 is 1.03 bits per heavy atom. The summed E-state index contributed by atoms with van der Waals surface area (Å²) in [7, 11) is 1.98. The lowest BCUT2D eigenvalue weighted by Crippen LogP contribution is -2.37. The Kier molecular flexibility index (Phi) is 6.33. The van der Waals surface area contributed by atoms with Gasteiger partial charge in [0, 0.05) is 49.1 Å². The van der Waals surface area contributed by atoms with Crippen LogP contribution in [-0.4, -0.2) is 57.8 Å². The zero-order chi connectivity index (χ0) is 24.4. The summed E-state index contributed by atoms with van der Waals surface area (Å²) >= 11 is 0. The maximum atomic E-state index is 12.3. The molecular weight excluding hydrogens is 442 g/mol. The first-order chi connectivity index (χ1) is 17.0. The smallest absolute Gasteiger partial charge is 0.251 e. The number of nitrogens with zero attached hydrogens (tertiary/aromatic N) is 5. The first kappa shape index (κ1) is 22.8. The van der Waals surface area contributed by atoms with Crippen molar-refractivity contribution in [2.45, 2.75) is 19.9 Å². The van der Waals surface area contributed by atoms with Gasteiger partial charge in [0.05, 0.1) is 36.3 Å². The number of hydrogen-bond donors (Lipinski definition) is 2. The van der Waals surface area contributed by atoms with Gasteiger partial charge in [0.2, 0.25) is 5.95 Å². The highest BCUT2D eigenvalue weighted by Crippen LogP contribution is 2.28. The number of aromatic nitrogens is 4. The van der Waals surface area contributed by atoms with Crippen molar-refractivity contribution in [3.63, 3.8) is 0 Å². The molecule has 2 N–H and O–H groups in total. The van der Waals surface area contributed by atoms with Crippen LogP contribution >= 0.6 is 0 Å². The number of carbonyl (C=O) groups excluding carboxylic acids is 1. The van der Waals surface area contributed by atoms with Crippen molar-refractivity contribution >= 4 is 34.4 Å². The van der Waals surface area contributed by atoms with Gasteiger partial charge >= 0.3 is 0 Å². The lowest BCUT2D eigenvalue weighted by atomic mass is 10.1. The van der Waals surface area contributed by atoms with Crippen molar-refractivity contribution in [3.05, 3.63) is 60.4 Å². The molecule has 3 heterocycles. The van der Waals surface area contributed by atoms with Crippen LogP contribution in [0.4, 0.5) is 17.5 Å². The summed E-state index contributed by atoms with van der Waals surface area (Å²) in [5, 5.41) is 6.30. The predicted molar refractivity (Wildman–Crippen MR) is 137 cm³/mol.